The van der Waals surface area contributed by atoms with Crippen LogP contribution in [0.15, 0.2) is 42.0 Å². The van der Waals surface area contributed by atoms with E-state index in [2.05, 4.69) is 0 Å². The van der Waals surface area contributed by atoms with Gasteiger partial charge in [0.15, 0.2) is 0 Å². The highest BCUT2D eigenvalue weighted by Crippen LogP contribution is 2.10. The molecule has 1 rings (SSSR count). The van der Waals surface area contributed by atoms with Crippen molar-refractivity contribution < 1.29 is 9.59 Å². The highest BCUT2D eigenvalue weighted by molar-refractivity contribution is 8.15. The van der Waals surface area contributed by atoms with E-state index >= 15 is 0 Å². The summed E-state index contributed by atoms with van der Waals surface area (Å²) in [6.07, 6.45) is 1.93. The summed E-state index contributed by atoms with van der Waals surface area (Å²) >= 11 is 1.04. The summed E-state index contributed by atoms with van der Waals surface area (Å²) in [5.41, 5.74) is 1.60. The number of hydrogen-bond acceptors (Lipinski definition) is 3. The van der Waals surface area contributed by atoms with Crippen molar-refractivity contribution in [2.75, 3.05) is 5.75 Å². The first-order chi connectivity index (χ1) is 7.61. The largest absolute Gasteiger partial charge is 0.284 e. The van der Waals surface area contributed by atoms with Crippen molar-refractivity contribution in [3.8, 4) is 0 Å². The molecule has 3 heteroatoms. The molecular weight excluding hydrogens is 220 g/mol. The maximum atomic E-state index is 11.6. The molecule has 0 aliphatic rings. The third-order valence-electron chi connectivity index (χ3n) is 1.93. The molecule has 2 nitrogen and oxygen atoms in total. The number of thioether (sulfide) groups is 1. The topological polar surface area (TPSA) is 34.1 Å². The van der Waals surface area contributed by atoms with Gasteiger partial charge in [-0.2, -0.15) is 0 Å². The Morgan fingerprint density at radius 2 is 1.81 bits per heavy atom. The number of Topliss-reactive ketones (excluding diaryl/α,β-unsaturated/α-hetero) is 1. The van der Waals surface area contributed by atoms with E-state index in [4.69, 9.17) is 0 Å². The van der Waals surface area contributed by atoms with Gasteiger partial charge in [-0.1, -0.05) is 53.7 Å². The van der Waals surface area contributed by atoms with Gasteiger partial charge in [-0.25, -0.2) is 0 Å². The van der Waals surface area contributed by atoms with Crippen molar-refractivity contribution >= 4 is 22.7 Å². The molecule has 0 aliphatic heterocycles. The number of hydrogen-bond donors (Lipinski definition) is 0. The third-order valence-corrected chi connectivity index (χ3v) is 2.71. The second kappa shape index (κ2) is 6.28. The maximum absolute atomic E-state index is 11.6. The first-order valence-corrected chi connectivity index (χ1v) is 5.99. The summed E-state index contributed by atoms with van der Waals surface area (Å²) in [7, 11) is 0. The fourth-order valence-electron chi connectivity index (χ4n) is 1.06. The fraction of sp³-hybridized carbons (Fsp3) is 0.231. The van der Waals surface area contributed by atoms with Gasteiger partial charge in [0.25, 0.3) is 5.12 Å². The molecule has 0 aromatic heterocycles. The molecule has 0 saturated carbocycles. The van der Waals surface area contributed by atoms with E-state index in [0.717, 1.165) is 17.3 Å². The molecule has 84 valence electrons. The van der Waals surface area contributed by atoms with Crippen molar-refractivity contribution in [2.45, 2.75) is 13.8 Å². The number of carbonyl (C=O) groups excluding carboxylic acids is 2. The van der Waals surface area contributed by atoms with Crippen molar-refractivity contribution in [2.24, 2.45) is 0 Å². The van der Waals surface area contributed by atoms with E-state index in [-0.39, 0.29) is 0 Å². The van der Waals surface area contributed by atoms with Crippen molar-refractivity contribution in [1.29, 1.82) is 0 Å². The van der Waals surface area contributed by atoms with Crippen molar-refractivity contribution in [3.05, 3.63) is 47.5 Å². The second-order valence-corrected chi connectivity index (χ2v) is 4.57. The number of rotatable bonds is 4. The Bertz CT molecular complexity index is 403. The molecule has 0 aliphatic carbocycles. The van der Waals surface area contributed by atoms with E-state index < -0.39 is 10.9 Å². The molecule has 0 saturated heterocycles. The monoisotopic (exact) mass is 234 g/mol. The number of benzene rings is 1. The summed E-state index contributed by atoms with van der Waals surface area (Å²) in [5, 5.41) is -0.399. The Kier molecular flexibility index (Phi) is 4.99. The fourth-order valence-corrected chi connectivity index (χ4v) is 1.87. The van der Waals surface area contributed by atoms with Gasteiger partial charge in [-0.05, 0) is 13.8 Å². The Morgan fingerprint density at radius 1 is 1.19 bits per heavy atom. The number of carbonyl (C=O) groups is 2. The highest BCUT2D eigenvalue weighted by atomic mass is 32.2. The lowest BCUT2D eigenvalue weighted by molar-refractivity contribution is -0.107. The van der Waals surface area contributed by atoms with Gasteiger partial charge < -0.3 is 0 Å². The van der Waals surface area contributed by atoms with Crippen LogP contribution in [0.1, 0.15) is 24.2 Å². The van der Waals surface area contributed by atoms with Crippen LogP contribution in [0, 0.1) is 0 Å². The lowest BCUT2D eigenvalue weighted by Crippen LogP contribution is -2.10. The van der Waals surface area contributed by atoms with E-state index in [9.17, 15) is 9.59 Å². The van der Waals surface area contributed by atoms with Gasteiger partial charge in [0.2, 0.25) is 5.78 Å². The van der Waals surface area contributed by atoms with Crippen LogP contribution in [0.3, 0.4) is 0 Å². The minimum atomic E-state index is -0.423. The van der Waals surface area contributed by atoms with E-state index in [1.165, 1.54) is 0 Å². The molecular formula is C13H14O2S. The molecule has 0 amide bonds. The average molecular weight is 234 g/mol. The van der Waals surface area contributed by atoms with Crippen LogP contribution in [0.4, 0.5) is 0 Å². The van der Waals surface area contributed by atoms with Gasteiger partial charge in [-0.15, -0.1) is 0 Å². The quantitative estimate of drug-likeness (QED) is 0.456. The first kappa shape index (κ1) is 12.7. The molecule has 16 heavy (non-hydrogen) atoms. The van der Waals surface area contributed by atoms with Crippen LogP contribution in [-0.2, 0) is 4.79 Å². The van der Waals surface area contributed by atoms with Crippen LogP contribution in [0.2, 0.25) is 0 Å². The average Bonchev–Trinajstić information content (AvgIpc) is 2.28. The Morgan fingerprint density at radius 3 is 2.38 bits per heavy atom. The molecule has 1 aromatic carbocycles. The lowest BCUT2D eigenvalue weighted by atomic mass is 10.1. The molecule has 0 atom stereocenters. The van der Waals surface area contributed by atoms with Crippen LogP contribution in [0.25, 0.3) is 0 Å². The zero-order valence-corrected chi connectivity index (χ0v) is 10.2. The first-order valence-electron chi connectivity index (χ1n) is 5.01. The Labute approximate surface area is 99.7 Å². The SMILES string of the molecule is CC(C)=CCSC(=O)C(=O)c1ccccc1. The lowest BCUT2D eigenvalue weighted by Gasteiger charge is -1.98. The summed E-state index contributed by atoms with van der Waals surface area (Å²) in [4.78, 5) is 23.1. The molecule has 0 unspecified atom stereocenters. The highest BCUT2D eigenvalue weighted by Gasteiger charge is 2.15. The molecule has 0 bridgehead atoms. The second-order valence-electron chi connectivity index (χ2n) is 3.58. The number of allylic oxidation sites excluding steroid dienone is 1. The van der Waals surface area contributed by atoms with Crippen molar-refractivity contribution in [3.63, 3.8) is 0 Å². The van der Waals surface area contributed by atoms with E-state index in [1.807, 2.05) is 26.0 Å². The zero-order valence-electron chi connectivity index (χ0n) is 9.40. The van der Waals surface area contributed by atoms with Gasteiger partial charge >= 0.3 is 0 Å². The van der Waals surface area contributed by atoms with E-state index in [0.29, 0.717) is 11.3 Å². The standard InChI is InChI=1S/C13H14O2S/c1-10(2)8-9-16-13(15)12(14)11-6-4-3-5-7-11/h3-8H,9H2,1-2H3. The smallest absolute Gasteiger partial charge is 0.260 e. The van der Waals surface area contributed by atoms with Crippen LogP contribution in [0.5, 0.6) is 0 Å². The van der Waals surface area contributed by atoms with Gasteiger partial charge in [0, 0.05) is 11.3 Å². The minimum absolute atomic E-state index is 0.399. The predicted octanol–water partition coefficient (Wildman–Crippen LogP) is 3.10. The number of ketones is 1. The Hall–Kier alpha value is -1.35. The molecule has 0 fully saturated rings. The summed E-state index contributed by atoms with van der Waals surface area (Å²) in [6.45, 7) is 3.92. The molecule has 0 radical (unpaired) electrons. The minimum Gasteiger partial charge on any atom is -0.284 e. The molecule has 0 heterocycles. The van der Waals surface area contributed by atoms with Gasteiger partial charge in [0.1, 0.15) is 0 Å². The normalized spacial score (nSPS) is 9.62. The molecule has 1 aromatic rings. The molecule has 0 N–H and O–H groups in total. The van der Waals surface area contributed by atoms with Crippen LogP contribution >= 0.6 is 11.8 Å². The maximum Gasteiger partial charge on any atom is 0.260 e. The van der Waals surface area contributed by atoms with Gasteiger partial charge in [0.05, 0.1) is 0 Å². The summed E-state index contributed by atoms with van der Waals surface area (Å²) < 4.78 is 0. The summed E-state index contributed by atoms with van der Waals surface area (Å²) in [5.74, 6) is 0.132. The Balaban J connectivity index is 2.56. The molecule has 0 spiro atoms. The zero-order chi connectivity index (χ0) is 12.0. The van der Waals surface area contributed by atoms with Gasteiger partial charge in [-0.3, -0.25) is 9.59 Å². The summed E-state index contributed by atoms with van der Waals surface area (Å²) in [6, 6.07) is 8.63. The van der Waals surface area contributed by atoms with Crippen LogP contribution < -0.4 is 0 Å². The van der Waals surface area contributed by atoms with Crippen LogP contribution in [-0.4, -0.2) is 16.7 Å². The van der Waals surface area contributed by atoms with E-state index in [1.54, 1.807) is 24.3 Å². The predicted molar refractivity (Wildman–Crippen MR) is 67.7 cm³/mol. The third kappa shape index (κ3) is 4.03. The van der Waals surface area contributed by atoms with Crippen molar-refractivity contribution in [1.82, 2.24) is 0 Å².